The second-order valence-corrected chi connectivity index (χ2v) is 7.52. The topological polar surface area (TPSA) is 132 Å². The van der Waals surface area contributed by atoms with Crippen LogP contribution in [0.15, 0.2) is 41.6 Å². The molecule has 2 rings (SSSR count). The van der Waals surface area contributed by atoms with Crippen molar-refractivity contribution >= 4 is 12.1 Å². The van der Waals surface area contributed by atoms with Crippen molar-refractivity contribution in [2.75, 3.05) is 0 Å². The summed E-state index contributed by atoms with van der Waals surface area (Å²) in [6.45, 7) is 3.82. The summed E-state index contributed by atoms with van der Waals surface area (Å²) in [4.78, 5) is 24.2. The van der Waals surface area contributed by atoms with Crippen molar-refractivity contribution in [2.45, 2.75) is 38.5 Å². The van der Waals surface area contributed by atoms with Crippen molar-refractivity contribution in [2.24, 2.45) is 16.6 Å². The Balaban J connectivity index is 2.40. The van der Waals surface area contributed by atoms with E-state index in [1.54, 1.807) is 0 Å². The van der Waals surface area contributed by atoms with Crippen LogP contribution in [0.1, 0.15) is 38.7 Å². The van der Waals surface area contributed by atoms with Crippen LogP contribution < -0.4 is 5.73 Å². The molecule has 0 saturated carbocycles. The first kappa shape index (κ1) is 19.9. The molecule has 0 fully saturated rings. The van der Waals surface area contributed by atoms with Gasteiger partial charge in [0.1, 0.15) is 17.5 Å². The molecule has 1 aromatic carbocycles. The van der Waals surface area contributed by atoms with E-state index in [-0.39, 0.29) is 36.3 Å². The maximum atomic E-state index is 12.9. The third-order valence-electron chi connectivity index (χ3n) is 5.36. The van der Waals surface area contributed by atoms with E-state index in [0.29, 0.717) is 6.29 Å². The van der Waals surface area contributed by atoms with E-state index < -0.39 is 16.2 Å². The highest BCUT2D eigenvalue weighted by atomic mass is 16.1. The summed E-state index contributed by atoms with van der Waals surface area (Å²) < 4.78 is 0. The minimum atomic E-state index is -1.85. The van der Waals surface area contributed by atoms with Gasteiger partial charge in [-0.1, -0.05) is 44.2 Å². The molecule has 27 heavy (non-hydrogen) atoms. The fourth-order valence-electron chi connectivity index (χ4n) is 3.72. The van der Waals surface area contributed by atoms with E-state index in [9.17, 15) is 25.4 Å². The number of ketones is 1. The van der Waals surface area contributed by atoms with E-state index in [2.05, 4.69) is 0 Å². The number of rotatable bonds is 6. The highest BCUT2D eigenvalue weighted by molar-refractivity contribution is 5.85. The predicted molar refractivity (Wildman–Crippen MR) is 97.3 cm³/mol. The van der Waals surface area contributed by atoms with Gasteiger partial charge in [-0.3, -0.25) is 9.59 Å². The molecule has 1 unspecified atom stereocenters. The number of carbonyl (C=O) groups is 2. The number of Topliss-reactive ketones (excluding diaryl/α,β-unsaturated/α-hetero) is 1. The maximum Gasteiger partial charge on any atom is 0.172 e. The van der Waals surface area contributed by atoms with Crippen molar-refractivity contribution in [3.05, 3.63) is 47.2 Å². The molecule has 0 radical (unpaired) electrons. The smallest absolute Gasteiger partial charge is 0.172 e. The number of nitrogens with two attached hydrogens (primary N) is 1. The Morgan fingerprint density at radius 2 is 1.78 bits per heavy atom. The molecule has 1 aliphatic rings. The third-order valence-corrected chi connectivity index (χ3v) is 5.36. The zero-order valence-electron chi connectivity index (χ0n) is 15.3. The lowest BCUT2D eigenvalue weighted by atomic mass is 9.63. The number of nitrogens with zero attached hydrogens (tertiary/aromatic N) is 3. The van der Waals surface area contributed by atoms with Gasteiger partial charge in [0, 0.05) is 30.5 Å². The highest BCUT2D eigenvalue weighted by Gasteiger charge is 2.61. The molecule has 0 bridgehead atoms. The van der Waals surface area contributed by atoms with E-state index in [1.165, 1.54) is 0 Å². The lowest BCUT2D eigenvalue weighted by Crippen LogP contribution is -2.41. The molecule has 0 spiro atoms. The second kappa shape index (κ2) is 7.06. The molecular formula is C21H20N4O2. The van der Waals surface area contributed by atoms with Gasteiger partial charge in [-0.15, -0.1) is 0 Å². The van der Waals surface area contributed by atoms with Gasteiger partial charge in [0.15, 0.2) is 5.41 Å². The molecule has 0 saturated heterocycles. The summed E-state index contributed by atoms with van der Waals surface area (Å²) in [5.74, 6) is -0.296. The van der Waals surface area contributed by atoms with Crippen molar-refractivity contribution in [3.8, 4) is 18.2 Å². The Morgan fingerprint density at radius 3 is 2.26 bits per heavy atom. The van der Waals surface area contributed by atoms with Crippen LogP contribution in [0.2, 0.25) is 0 Å². The Kier molecular flexibility index (Phi) is 5.20. The van der Waals surface area contributed by atoms with Crippen LogP contribution in [0, 0.1) is 44.8 Å². The van der Waals surface area contributed by atoms with Gasteiger partial charge in [0.05, 0.1) is 18.2 Å². The Morgan fingerprint density at radius 1 is 1.19 bits per heavy atom. The summed E-state index contributed by atoms with van der Waals surface area (Å²) in [5, 5.41) is 29.0. The highest BCUT2D eigenvalue weighted by Crippen LogP contribution is 2.55. The largest absolute Gasteiger partial charge is 0.400 e. The molecule has 1 atom stereocenters. The molecule has 0 aromatic heterocycles. The molecule has 6 heteroatoms. The van der Waals surface area contributed by atoms with E-state index in [4.69, 9.17) is 5.73 Å². The van der Waals surface area contributed by atoms with Crippen LogP contribution in [0.4, 0.5) is 0 Å². The summed E-state index contributed by atoms with van der Waals surface area (Å²) >= 11 is 0. The molecule has 1 aromatic rings. The lowest BCUT2D eigenvalue weighted by Gasteiger charge is -2.32. The number of benzene rings is 1. The van der Waals surface area contributed by atoms with Crippen molar-refractivity contribution in [1.82, 2.24) is 0 Å². The number of hydrogen-bond donors (Lipinski definition) is 1. The third kappa shape index (κ3) is 3.09. The monoisotopic (exact) mass is 360 g/mol. The first-order valence-electron chi connectivity index (χ1n) is 8.47. The minimum absolute atomic E-state index is 0.0368. The van der Waals surface area contributed by atoms with E-state index in [1.807, 2.05) is 62.4 Å². The van der Waals surface area contributed by atoms with Crippen molar-refractivity contribution in [1.29, 1.82) is 15.8 Å². The molecule has 0 aliphatic heterocycles. The summed E-state index contributed by atoms with van der Waals surface area (Å²) in [5.41, 5.74) is 2.68. The van der Waals surface area contributed by atoms with Gasteiger partial charge in [-0.2, -0.15) is 15.8 Å². The van der Waals surface area contributed by atoms with Gasteiger partial charge in [-0.05, 0) is 11.0 Å². The number of carbonyl (C=O) groups excluding carboxylic acids is 2. The van der Waals surface area contributed by atoms with Crippen LogP contribution >= 0.6 is 0 Å². The quantitative estimate of drug-likeness (QED) is 0.776. The van der Waals surface area contributed by atoms with Crippen molar-refractivity contribution in [3.63, 3.8) is 0 Å². The van der Waals surface area contributed by atoms with Gasteiger partial charge < -0.3 is 5.73 Å². The van der Waals surface area contributed by atoms with Crippen LogP contribution in [-0.4, -0.2) is 12.1 Å². The van der Waals surface area contributed by atoms with Gasteiger partial charge >= 0.3 is 0 Å². The average molecular weight is 360 g/mol. The molecule has 0 amide bonds. The second-order valence-electron chi connectivity index (χ2n) is 7.52. The Bertz CT molecular complexity index is 912. The normalized spacial score (nSPS) is 21.0. The molecule has 2 N–H and O–H groups in total. The van der Waals surface area contributed by atoms with Gasteiger partial charge in [0.2, 0.25) is 0 Å². The number of allylic oxidation sites excluding steroid dienone is 2. The Labute approximate surface area is 158 Å². The fraction of sp³-hybridized carbons (Fsp3) is 0.381. The lowest BCUT2D eigenvalue weighted by molar-refractivity contribution is -0.122. The minimum Gasteiger partial charge on any atom is -0.400 e. The number of nitriles is 3. The SMILES string of the molecule is CC(C)(CC(=O)CC1(C#N)C(N)=C(C=O)CC1(C#N)C#N)c1ccccc1. The van der Waals surface area contributed by atoms with Crippen LogP contribution in [0.5, 0.6) is 0 Å². The molecular weight excluding hydrogens is 340 g/mol. The average Bonchev–Trinajstić information content (AvgIpc) is 2.90. The van der Waals surface area contributed by atoms with Crippen LogP contribution in [-0.2, 0) is 15.0 Å². The predicted octanol–water partition coefficient (Wildman–Crippen LogP) is 2.67. The van der Waals surface area contributed by atoms with Gasteiger partial charge in [-0.25, -0.2) is 0 Å². The molecule has 1 aliphatic carbocycles. The first-order valence-corrected chi connectivity index (χ1v) is 8.47. The van der Waals surface area contributed by atoms with Crippen LogP contribution in [0.3, 0.4) is 0 Å². The Hall–Kier alpha value is -3.43. The first-order chi connectivity index (χ1) is 12.7. The van der Waals surface area contributed by atoms with E-state index in [0.717, 1.165) is 5.56 Å². The number of hydrogen-bond acceptors (Lipinski definition) is 6. The standard InChI is InChI=1S/C21H20N4O2/c1-19(2,16-6-4-3-5-7-16)9-17(27)10-21(14-24)18(25)15(11-26)8-20(21,12-22)13-23/h3-7,11H,8-10,25H2,1-2H3. The van der Waals surface area contributed by atoms with Crippen molar-refractivity contribution < 1.29 is 9.59 Å². The maximum absolute atomic E-state index is 12.9. The van der Waals surface area contributed by atoms with Crippen LogP contribution in [0.25, 0.3) is 0 Å². The summed E-state index contributed by atoms with van der Waals surface area (Å²) in [6.07, 6.45) is -0.0738. The zero-order valence-corrected chi connectivity index (χ0v) is 15.3. The summed E-state index contributed by atoms with van der Waals surface area (Å²) in [7, 11) is 0. The fourth-order valence-corrected chi connectivity index (χ4v) is 3.72. The van der Waals surface area contributed by atoms with E-state index >= 15 is 0 Å². The molecule has 0 heterocycles. The molecule has 136 valence electrons. The summed E-state index contributed by atoms with van der Waals surface area (Å²) in [6, 6.07) is 15.1. The number of aldehydes is 1. The van der Waals surface area contributed by atoms with Gasteiger partial charge in [0.25, 0.3) is 0 Å². The zero-order chi connectivity index (χ0) is 20.3. The molecule has 6 nitrogen and oxygen atoms in total.